The number of aromatic nitrogens is 2. The molecular formula is C11H14BrN3S. The van der Waals surface area contributed by atoms with Crippen molar-refractivity contribution in [2.24, 2.45) is 7.05 Å². The lowest BCUT2D eigenvalue weighted by molar-refractivity contribution is 0.554. The fourth-order valence-electron chi connectivity index (χ4n) is 1.49. The van der Waals surface area contributed by atoms with Crippen molar-refractivity contribution in [1.82, 2.24) is 15.1 Å². The lowest BCUT2D eigenvalue weighted by atomic mass is 10.2. The third-order valence-electron chi connectivity index (χ3n) is 2.53. The third kappa shape index (κ3) is 2.72. The SMILES string of the molecule is CC(NCc1ccnn1C)c1ccc(Br)s1. The molecule has 0 aliphatic heterocycles. The second kappa shape index (κ2) is 5.12. The molecule has 3 nitrogen and oxygen atoms in total. The minimum Gasteiger partial charge on any atom is -0.304 e. The van der Waals surface area contributed by atoms with E-state index in [9.17, 15) is 0 Å². The van der Waals surface area contributed by atoms with Crippen molar-refractivity contribution in [3.8, 4) is 0 Å². The number of thiophene rings is 1. The molecule has 16 heavy (non-hydrogen) atoms. The number of aryl methyl sites for hydroxylation is 1. The van der Waals surface area contributed by atoms with E-state index in [0.717, 1.165) is 6.54 Å². The molecule has 0 spiro atoms. The van der Waals surface area contributed by atoms with Gasteiger partial charge in [-0.1, -0.05) is 0 Å². The van der Waals surface area contributed by atoms with Gasteiger partial charge < -0.3 is 5.32 Å². The van der Waals surface area contributed by atoms with Gasteiger partial charge in [0.15, 0.2) is 0 Å². The first kappa shape index (κ1) is 11.8. The molecule has 0 aromatic carbocycles. The van der Waals surface area contributed by atoms with E-state index >= 15 is 0 Å². The van der Waals surface area contributed by atoms with Crippen molar-refractivity contribution >= 4 is 27.3 Å². The predicted octanol–water partition coefficient (Wildman–Crippen LogP) is 3.09. The van der Waals surface area contributed by atoms with Crippen molar-refractivity contribution in [3.05, 3.63) is 38.8 Å². The number of nitrogens with one attached hydrogen (secondary N) is 1. The lowest BCUT2D eigenvalue weighted by Gasteiger charge is -2.11. The van der Waals surface area contributed by atoms with Gasteiger partial charge in [0.05, 0.1) is 9.48 Å². The fraction of sp³-hybridized carbons (Fsp3) is 0.364. The molecule has 2 heterocycles. The maximum Gasteiger partial charge on any atom is 0.0701 e. The molecule has 0 saturated carbocycles. The molecule has 5 heteroatoms. The van der Waals surface area contributed by atoms with Crippen LogP contribution in [0.2, 0.25) is 0 Å². The van der Waals surface area contributed by atoms with Gasteiger partial charge in [-0.3, -0.25) is 4.68 Å². The van der Waals surface area contributed by atoms with Gasteiger partial charge in [-0.15, -0.1) is 11.3 Å². The standard InChI is InChI=1S/C11H14BrN3S/c1-8(10-3-4-11(12)16-10)13-7-9-5-6-14-15(9)2/h3-6,8,13H,7H2,1-2H3. The second-order valence-electron chi connectivity index (χ2n) is 3.69. The summed E-state index contributed by atoms with van der Waals surface area (Å²) in [5.74, 6) is 0. The van der Waals surface area contributed by atoms with Crippen molar-refractivity contribution in [2.75, 3.05) is 0 Å². The monoisotopic (exact) mass is 299 g/mol. The van der Waals surface area contributed by atoms with E-state index in [-0.39, 0.29) is 0 Å². The van der Waals surface area contributed by atoms with Gasteiger partial charge in [0.2, 0.25) is 0 Å². The highest BCUT2D eigenvalue weighted by Crippen LogP contribution is 2.27. The van der Waals surface area contributed by atoms with Gasteiger partial charge in [-0.05, 0) is 41.1 Å². The summed E-state index contributed by atoms with van der Waals surface area (Å²) in [6.07, 6.45) is 1.82. The average Bonchev–Trinajstić information content (AvgIpc) is 2.84. The fourth-order valence-corrected chi connectivity index (χ4v) is 2.94. The van der Waals surface area contributed by atoms with Crippen molar-refractivity contribution < 1.29 is 0 Å². The zero-order chi connectivity index (χ0) is 11.5. The maximum absolute atomic E-state index is 4.14. The Kier molecular flexibility index (Phi) is 3.78. The highest BCUT2D eigenvalue weighted by Gasteiger charge is 2.08. The number of hydrogen-bond acceptors (Lipinski definition) is 3. The normalized spacial score (nSPS) is 12.9. The van der Waals surface area contributed by atoms with E-state index in [1.807, 2.05) is 24.0 Å². The van der Waals surface area contributed by atoms with Crippen LogP contribution < -0.4 is 5.32 Å². The summed E-state index contributed by atoms with van der Waals surface area (Å²) in [6, 6.07) is 6.63. The Balaban J connectivity index is 1.93. The molecule has 86 valence electrons. The van der Waals surface area contributed by atoms with Gasteiger partial charge in [-0.2, -0.15) is 5.10 Å². The molecule has 0 radical (unpaired) electrons. The largest absolute Gasteiger partial charge is 0.304 e. The Hall–Kier alpha value is -0.650. The first-order valence-corrected chi connectivity index (χ1v) is 6.73. The molecule has 0 fully saturated rings. The van der Waals surface area contributed by atoms with Gasteiger partial charge in [0, 0.05) is 30.7 Å². The summed E-state index contributed by atoms with van der Waals surface area (Å²) < 4.78 is 3.07. The minimum atomic E-state index is 0.367. The number of nitrogens with zero attached hydrogens (tertiary/aromatic N) is 2. The quantitative estimate of drug-likeness (QED) is 0.940. The molecule has 2 aromatic heterocycles. The van der Waals surface area contributed by atoms with Crippen LogP contribution in [0.15, 0.2) is 28.2 Å². The third-order valence-corrected chi connectivity index (χ3v) is 4.34. The Bertz CT molecular complexity index is 463. The molecule has 1 atom stereocenters. The van der Waals surface area contributed by atoms with E-state index in [1.165, 1.54) is 14.4 Å². The first-order valence-electron chi connectivity index (χ1n) is 5.12. The summed E-state index contributed by atoms with van der Waals surface area (Å²) in [6.45, 7) is 3.02. The van der Waals surface area contributed by atoms with Crippen molar-refractivity contribution in [2.45, 2.75) is 19.5 Å². The highest BCUT2D eigenvalue weighted by molar-refractivity contribution is 9.11. The zero-order valence-corrected chi connectivity index (χ0v) is 11.7. The summed E-state index contributed by atoms with van der Waals surface area (Å²) in [4.78, 5) is 1.34. The second-order valence-corrected chi connectivity index (χ2v) is 6.19. The molecule has 0 saturated heterocycles. The highest BCUT2D eigenvalue weighted by atomic mass is 79.9. The van der Waals surface area contributed by atoms with Crippen LogP contribution in [0, 0.1) is 0 Å². The van der Waals surface area contributed by atoms with Crippen LogP contribution in [-0.2, 0) is 13.6 Å². The van der Waals surface area contributed by atoms with E-state index in [4.69, 9.17) is 0 Å². The molecule has 1 N–H and O–H groups in total. The summed E-state index contributed by atoms with van der Waals surface area (Å²) in [5.41, 5.74) is 1.20. The van der Waals surface area contributed by atoms with Crippen LogP contribution in [0.3, 0.4) is 0 Å². The van der Waals surface area contributed by atoms with Crippen LogP contribution in [0.4, 0.5) is 0 Å². The molecule has 0 aliphatic rings. The van der Waals surface area contributed by atoms with Crippen LogP contribution in [0.5, 0.6) is 0 Å². The topological polar surface area (TPSA) is 29.9 Å². The predicted molar refractivity (Wildman–Crippen MR) is 70.5 cm³/mol. The van der Waals surface area contributed by atoms with E-state index in [1.54, 1.807) is 11.3 Å². The summed E-state index contributed by atoms with van der Waals surface area (Å²) in [7, 11) is 1.96. The molecule has 0 bridgehead atoms. The molecular weight excluding hydrogens is 286 g/mol. The van der Waals surface area contributed by atoms with E-state index in [0.29, 0.717) is 6.04 Å². The smallest absolute Gasteiger partial charge is 0.0701 e. The van der Waals surface area contributed by atoms with E-state index < -0.39 is 0 Å². The molecule has 0 amide bonds. The van der Waals surface area contributed by atoms with Crippen LogP contribution in [0.25, 0.3) is 0 Å². The van der Waals surface area contributed by atoms with Crippen LogP contribution >= 0.6 is 27.3 Å². The Morgan fingerprint density at radius 3 is 2.88 bits per heavy atom. The Morgan fingerprint density at radius 1 is 1.50 bits per heavy atom. The molecule has 2 aromatic rings. The number of halogens is 1. The number of rotatable bonds is 4. The van der Waals surface area contributed by atoms with Crippen LogP contribution in [0.1, 0.15) is 23.5 Å². The van der Waals surface area contributed by atoms with Gasteiger partial charge in [-0.25, -0.2) is 0 Å². The lowest BCUT2D eigenvalue weighted by Crippen LogP contribution is -2.18. The zero-order valence-electron chi connectivity index (χ0n) is 9.27. The molecule has 2 rings (SSSR count). The Morgan fingerprint density at radius 2 is 2.31 bits per heavy atom. The number of hydrogen-bond donors (Lipinski definition) is 1. The summed E-state index contributed by atoms with van der Waals surface area (Å²) >= 11 is 5.25. The average molecular weight is 300 g/mol. The van der Waals surface area contributed by atoms with Crippen LogP contribution in [-0.4, -0.2) is 9.78 Å². The summed E-state index contributed by atoms with van der Waals surface area (Å²) in [5, 5.41) is 7.63. The maximum atomic E-state index is 4.14. The van der Waals surface area contributed by atoms with Crippen molar-refractivity contribution in [3.63, 3.8) is 0 Å². The minimum absolute atomic E-state index is 0.367. The van der Waals surface area contributed by atoms with Gasteiger partial charge in [0.25, 0.3) is 0 Å². The van der Waals surface area contributed by atoms with Gasteiger partial charge in [0.1, 0.15) is 0 Å². The van der Waals surface area contributed by atoms with Crippen molar-refractivity contribution in [1.29, 1.82) is 0 Å². The van der Waals surface area contributed by atoms with Gasteiger partial charge >= 0.3 is 0 Å². The Labute approximate surface area is 108 Å². The molecule has 0 aliphatic carbocycles. The first-order chi connectivity index (χ1) is 7.66. The van der Waals surface area contributed by atoms with E-state index in [2.05, 4.69) is 45.4 Å². The molecule has 1 unspecified atom stereocenters.